The first-order valence-corrected chi connectivity index (χ1v) is 13.3. The zero-order valence-corrected chi connectivity index (χ0v) is 22.7. The number of carbonyl (C=O) groups excluding carboxylic acids is 3. The summed E-state index contributed by atoms with van der Waals surface area (Å²) >= 11 is 3.99. The number of carbonyl (C=O) groups is 4. The highest BCUT2D eigenvalue weighted by Crippen LogP contribution is 2.19. The summed E-state index contributed by atoms with van der Waals surface area (Å²) in [5.41, 5.74) is 8.34. The van der Waals surface area contributed by atoms with Crippen molar-refractivity contribution >= 4 is 47.2 Å². The topological polar surface area (TPSA) is 195 Å². The third kappa shape index (κ3) is 7.83. The van der Waals surface area contributed by atoms with Crippen LogP contribution in [0.4, 0.5) is 0 Å². The van der Waals surface area contributed by atoms with E-state index in [0.29, 0.717) is 12.1 Å². The van der Waals surface area contributed by atoms with E-state index in [-0.39, 0.29) is 24.5 Å². The Morgan fingerprint density at radius 3 is 2.26 bits per heavy atom. The molecule has 0 aliphatic carbocycles. The van der Waals surface area contributed by atoms with Crippen LogP contribution in [0.2, 0.25) is 0 Å². The van der Waals surface area contributed by atoms with Gasteiger partial charge >= 0.3 is 5.97 Å². The predicted octanol–water partition coefficient (Wildman–Crippen LogP) is 0.518. The number of carboxylic acids is 1. The fourth-order valence-corrected chi connectivity index (χ4v) is 4.31. The van der Waals surface area contributed by atoms with E-state index in [0.717, 1.165) is 16.5 Å². The van der Waals surface area contributed by atoms with Gasteiger partial charge in [0.25, 0.3) is 0 Å². The van der Waals surface area contributed by atoms with Gasteiger partial charge in [-0.1, -0.05) is 38.5 Å². The summed E-state index contributed by atoms with van der Waals surface area (Å²) in [5, 5.41) is 18.1. The Morgan fingerprint density at radius 1 is 1.00 bits per heavy atom. The van der Waals surface area contributed by atoms with Crippen molar-refractivity contribution in [1.82, 2.24) is 30.9 Å². The van der Waals surface area contributed by atoms with E-state index in [1.807, 2.05) is 38.1 Å². The van der Waals surface area contributed by atoms with Gasteiger partial charge in [0, 0.05) is 47.6 Å². The fourth-order valence-electron chi connectivity index (χ4n) is 4.07. The number of nitrogens with two attached hydrogens (primary N) is 1. The molecular weight excluding hydrogens is 522 g/mol. The number of H-pyrrole nitrogens is 2. The molecule has 13 heteroatoms. The van der Waals surface area contributed by atoms with Crippen molar-refractivity contribution in [3.8, 4) is 0 Å². The number of nitrogens with zero attached hydrogens (tertiary/aromatic N) is 1. The van der Waals surface area contributed by atoms with E-state index in [4.69, 9.17) is 5.73 Å². The predicted molar refractivity (Wildman–Crippen MR) is 149 cm³/mol. The molecule has 3 rings (SSSR count). The van der Waals surface area contributed by atoms with E-state index >= 15 is 0 Å². The number of amides is 3. The second-order valence-corrected chi connectivity index (χ2v) is 9.83. The van der Waals surface area contributed by atoms with Gasteiger partial charge in [-0.2, -0.15) is 12.6 Å². The third-order valence-corrected chi connectivity index (χ3v) is 7.07. The summed E-state index contributed by atoms with van der Waals surface area (Å²) in [6.07, 6.45) is 5.51. The molecule has 0 fully saturated rings. The monoisotopic (exact) mass is 557 g/mol. The average molecular weight is 558 g/mol. The van der Waals surface area contributed by atoms with Gasteiger partial charge in [-0.05, 0) is 17.5 Å². The first-order chi connectivity index (χ1) is 18.6. The van der Waals surface area contributed by atoms with Gasteiger partial charge in [0.05, 0.1) is 12.4 Å². The summed E-state index contributed by atoms with van der Waals surface area (Å²) in [6.45, 7) is 3.77. The minimum atomic E-state index is -1.26. The van der Waals surface area contributed by atoms with Crippen LogP contribution >= 0.6 is 12.6 Å². The van der Waals surface area contributed by atoms with Crippen LogP contribution in [0.25, 0.3) is 10.9 Å². The van der Waals surface area contributed by atoms with Crippen molar-refractivity contribution in [1.29, 1.82) is 0 Å². The van der Waals surface area contributed by atoms with Crippen molar-refractivity contribution in [3.63, 3.8) is 0 Å². The normalized spacial score (nSPS) is 15.1. The minimum Gasteiger partial charge on any atom is -0.480 e. The highest BCUT2D eigenvalue weighted by atomic mass is 32.1. The zero-order chi connectivity index (χ0) is 28.5. The SMILES string of the molecule is CCC(C)C(N)C(=O)NC(Cc1c[nH]c2ccccc12)C(=O)NC(Cc1cnc[nH]1)C(=O)NC(CS)C(=O)O. The molecule has 1 aromatic carbocycles. The molecule has 0 spiro atoms. The molecule has 210 valence electrons. The molecule has 0 aliphatic heterocycles. The van der Waals surface area contributed by atoms with Gasteiger partial charge in [-0.3, -0.25) is 14.4 Å². The van der Waals surface area contributed by atoms with E-state index in [1.54, 1.807) is 6.20 Å². The molecule has 3 aromatic rings. The largest absolute Gasteiger partial charge is 0.480 e. The number of thiol groups is 1. The quantitative estimate of drug-likeness (QED) is 0.132. The lowest BCUT2D eigenvalue weighted by molar-refractivity contribution is -0.141. The Kier molecular flexibility index (Phi) is 10.5. The number of carboxylic acid groups (broad SMARTS) is 1. The number of nitrogens with one attached hydrogen (secondary N) is 5. The van der Waals surface area contributed by atoms with Crippen molar-refractivity contribution in [3.05, 3.63) is 54.2 Å². The molecule has 39 heavy (non-hydrogen) atoms. The first-order valence-electron chi connectivity index (χ1n) is 12.7. The second-order valence-electron chi connectivity index (χ2n) is 9.46. The van der Waals surface area contributed by atoms with Gasteiger partial charge in [-0.15, -0.1) is 0 Å². The van der Waals surface area contributed by atoms with Gasteiger partial charge < -0.3 is 36.8 Å². The molecule has 2 heterocycles. The summed E-state index contributed by atoms with van der Waals surface area (Å²) in [6, 6.07) is 3.25. The fraction of sp³-hybridized carbons (Fsp3) is 0.423. The van der Waals surface area contributed by atoms with Crippen LogP contribution in [0, 0.1) is 5.92 Å². The standard InChI is InChI=1S/C26H35N7O5S/c1-3-14(2)22(27)25(36)32-19(8-15-10-29-18-7-5-4-6-17(15)18)23(34)31-20(9-16-11-28-13-30-16)24(35)33-21(12-39)26(37)38/h4-7,10-11,13-14,19-22,29,39H,3,8-9,12,27H2,1-2H3,(H,28,30)(H,31,34)(H,32,36)(H,33,35)(H,37,38). The Labute approximate surface area is 231 Å². The van der Waals surface area contributed by atoms with Crippen molar-refractivity contribution < 1.29 is 24.3 Å². The maximum absolute atomic E-state index is 13.6. The average Bonchev–Trinajstić information content (AvgIpc) is 3.59. The highest BCUT2D eigenvalue weighted by Gasteiger charge is 2.31. The molecule has 8 N–H and O–H groups in total. The number of fused-ring (bicyclic) bond motifs is 1. The summed E-state index contributed by atoms with van der Waals surface area (Å²) in [4.78, 5) is 61.1. The highest BCUT2D eigenvalue weighted by molar-refractivity contribution is 7.80. The number of aromatic nitrogens is 3. The molecule has 0 saturated carbocycles. The second kappa shape index (κ2) is 13.8. The maximum Gasteiger partial charge on any atom is 0.327 e. The van der Waals surface area contributed by atoms with Gasteiger partial charge in [0.2, 0.25) is 17.7 Å². The number of rotatable bonds is 14. The maximum atomic E-state index is 13.6. The Bertz CT molecular complexity index is 1280. The summed E-state index contributed by atoms with van der Waals surface area (Å²) in [5.74, 6) is -3.34. The summed E-state index contributed by atoms with van der Waals surface area (Å²) in [7, 11) is 0. The van der Waals surface area contributed by atoms with Crippen molar-refractivity contribution in [2.75, 3.05) is 5.75 Å². The Balaban J connectivity index is 1.87. The lowest BCUT2D eigenvalue weighted by Gasteiger charge is -2.26. The third-order valence-electron chi connectivity index (χ3n) is 6.70. The molecule has 12 nitrogen and oxygen atoms in total. The number of aliphatic carboxylic acids is 1. The molecular formula is C26H35N7O5S. The Hall–Kier alpha value is -3.84. The lowest BCUT2D eigenvalue weighted by Crippen LogP contribution is -2.58. The van der Waals surface area contributed by atoms with Crippen LogP contribution in [0.5, 0.6) is 0 Å². The summed E-state index contributed by atoms with van der Waals surface area (Å²) < 4.78 is 0. The first kappa shape index (κ1) is 29.7. The van der Waals surface area contributed by atoms with E-state index in [1.165, 1.54) is 12.5 Å². The molecule has 2 aromatic heterocycles. The molecule has 0 saturated heterocycles. The van der Waals surface area contributed by atoms with Crippen LogP contribution in [0.15, 0.2) is 43.0 Å². The number of benzene rings is 1. The lowest BCUT2D eigenvalue weighted by atomic mass is 9.98. The Morgan fingerprint density at radius 2 is 1.64 bits per heavy atom. The molecule has 0 bridgehead atoms. The van der Waals surface area contributed by atoms with E-state index < -0.39 is 47.9 Å². The van der Waals surface area contributed by atoms with Gasteiger partial charge in [0.15, 0.2) is 0 Å². The van der Waals surface area contributed by atoms with Crippen LogP contribution in [0.3, 0.4) is 0 Å². The number of aromatic amines is 2. The number of para-hydroxylation sites is 1. The van der Waals surface area contributed by atoms with Crippen LogP contribution in [-0.4, -0.2) is 73.7 Å². The van der Waals surface area contributed by atoms with Crippen LogP contribution in [0.1, 0.15) is 31.5 Å². The van der Waals surface area contributed by atoms with E-state index in [9.17, 15) is 24.3 Å². The number of hydrogen-bond donors (Lipinski definition) is 8. The van der Waals surface area contributed by atoms with Crippen molar-refractivity contribution in [2.45, 2.75) is 57.3 Å². The molecule has 5 unspecified atom stereocenters. The van der Waals surface area contributed by atoms with Gasteiger partial charge in [0.1, 0.15) is 18.1 Å². The molecule has 0 aliphatic rings. The smallest absolute Gasteiger partial charge is 0.327 e. The van der Waals surface area contributed by atoms with Gasteiger partial charge in [-0.25, -0.2) is 9.78 Å². The van der Waals surface area contributed by atoms with E-state index in [2.05, 4.69) is 43.5 Å². The van der Waals surface area contributed by atoms with Crippen LogP contribution in [-0.2, 0) is 32.0 Å². The van der Waals surface area contributed by atoms with Crippen molar-refractivity contribution in [2.24, 2.45) is 11.7 Å². The number of hydrogen-bond acceptors (Lipinski definition) is 7. The molecule has 0 radical (unpaired) electrons. The number of imidazole rings is 1. The zero-order valence-electron chi connectivity index (χ0n) is 21.8. The minimum absolute atomic E-state index is 0.0105. The van der Waals surface area contributed by atoms with Crippen LogP contribution < -0.4 is 21.7 Å². The molecule has 3 amide bonds. The molecule has 5 atom stereocenters.